The summed E-state index contributed by atoms with van der Waals surface area (Å²) in [5, 5.41) is 17.6. The molecule has 1 heterocycles. The molecule has 1 aromatic carbocycles. The quantitative estimate of drug-likeness (QED) is 0.542. The molecular weight excluding hydrogens is 438 g/mol. The fourth-order valence-corrected chi connectivity index (χ4v) is 4.64. The van der Waals surface area contributed by atoms with Gasteiger partial charge in [0.15, 0.2) is 0 Å². The number of carbonyl (C=O) groups excluding carboxylic acids is 1. The molecule has 0 atom stereocenters. The zero-order chi connectivity index (χ0) is 26.0. The molecule has 1 aliphatic rings. The summed E-state index contributed by atoms with van der Waals surface area (Å²) in [6.45, 7) is 12.5. The molecule has 192 valence electrons. The van der Waals surface area contributed by atoms with Crippen LogP contribution in [0.25, 0.3) is 0 Å². The summed E-state index contributed by atoms with van der Waals surface area (Å²) in [7, 11) is 3.93. The van der Waals surface area contributed by atoms with Gasteiger partial charge in [0.25, 0.3) is 0 Å². The molecule has 35 heavy (non-hydrogen) atoms. The minimum atomic E-state index is -0.211. The summed E-state index contributed by atoms with van der Waals surface area (Å²) >= 11 is 0. The zero-order valence-corrected chi connectivity index (χ0v) is 22.7. The van der Waals surface area contributed by atoms with Crippen molar-refractivity contribution in [2.75, 3.05) is 24.3 Å². The third-order valence-corrected chi connectivity index (χ3v) is 6.68. The number of phenolic OH excluding ortho intramolecular Hbond substituents is 1. The summed E-state index contributed by atoms with van der Waals surface area (Å²) in [5.74, 6) is 1.91. The normalized spacial score (nSPS) is 18.7. The molecular formula is C28H43N5O2. The lowest BCUT2D eigenvalue weighted by Crippen LogP contribution is -2.41. The SMILES string of the molecule is CN(C)c1ccnc(NC2CCC(NC(=O)Cc3cc(C(C)(C)C)c(O)c(C(C)(C)C)c3)CC2)n1. The molecule has 1 fully saturated rings. The van der Waals surface area contributed by atoms with Crippen LogP contribution in [0.4, 0.5) is 11.8 Å². The average molecular weight is 482 g/mol. The minimum absolute atomic E-state index is 0.0360. The first-order chi connectivity index (χ1) is 16.2. The van der Waals surface area contributed by atoms with Crippen LogP contribution in [-0.2, 0) is 22.0 Å². The van der Waals surface area contributed by atoms with Crippen LogP contribution in [0.15, 0.2) is 24.4 Å². The van der Waals surface area contributed by atoms with Crippen molar-refractivity contribution in [3.8, 4) is 5.75 Å². The molecule has 0 unspecified atom stereocenters. The Kier molecular flexibility index (Phi) is 7.97. The smallest absolute Gasteiger partial charge is 0.224 e. The third kappa shape index (κ3) is 7.09. The lowest BCUT2D eigenvalue weighted by molar-refractivity contribution is -0.121. The van der Waals surface area contributed by atoms with Crippen LogP contribution in [0.3, 0.4) is 0 Å². The second-order valence-electron chi connectivity index (χ2n) is 12.1. The van der Waals surface area contributed by atoms with Crippen molar-refractivity contribution in [1.29, 1.82) is 0 Å². The van der Waals surface area contributed by atoms with Gasteiger partial charge in [-0.3, -0.25) is 4.79 Å². The molecule has 1 amide bonds. The number of rotatable bonds is 6. The van der Waals surface area contributed by atoms with Gasteiger partial charge in [-0.1, -0.05) is 53.7 Å². The molecule has 3 rings (SSSR count). The van der Waals surface area contributed by atoms with Crippen LogP contribution in [-0.4, -0.2) is 47.2 Å². The summed E-state index contributed by atoms with van der Waals surface area (Å²) in [5.41, 5.74) is 2.30. The van der Waals surface area contributed by atoms with Crippen LogP contribution < -0.4 is 15.5 Å². The number of aromatic nitrogens is 2. The molecule has 0 radical (unpaired) electrons. The van der Waals surface area contributed by atoms with Crippen molar-refractivity contribution in [3.63, 3.8) is 0 Å². The Morgan fingerprint density at radius 1 is 1.00 bits per heavy atom. The number of nitrogens with zero attached hydrogens (tertiary/aromatic N) is 3. The topological polar surface area (TPSA) is 90.4 Å². The highest BCUT2D eigenvalue weighted by atomic mass is 16.3. The molecule has 1 saturated carbocycles. The van der Waals surface area contributed by atoms with E-state index in [1.807, 2.05) is 37.2 Å². The number of amides is 1. The maximum Gasteiger partial charge on any atom is 0.224 e. The average Bonchev–Trinajstić information content (AvgIpc) is 2.75. The first-order valence-electron chi connectivity index (χ1n) is 12.7. The van der Waals surface area contributed by atoms with E-state index in [0.717, 1.165) is 48.2 Å². The second kappa shape index (κ2) is 10.4. The van der Waals surface area contributed by atoms with Crippen LogP contribution in [0.1, 0.15) is 83.9 Å². The number of phenols is 1. The molecule has 1 aromatic heterocycles. The number of nitrogens with one attached hydrogen (secondary N) is 2. The minimum Gasteiger partial charge on any atom is -0.507 e. The van der Waals surface area contributed by atoms with E-state index in [1.165, 1.54) is 0 Å². The molecule has 0 saturated heterocycles. The number of anilines is 2. The molecule has 2 aromatic rings. The van der Waals surface area contributed by atoms with Crippen LogP contribution in [0.5, 0.6) is 5.75 Å². The predicted molar refractivity (Wildman–Crippen MR) is 143 cm³/mol. The third-order valence-electron chi connectivity index (χ3n) is 6.68. The van der Waals surface area contributed by atoms with Gasteiger partial charge >= 0.3 is 0 Å². The number of benzene rings is 1. The lowest BCUT2D eigenvalue weighted by Gasteiger charge is -2.30. The van der Waals surface area contributed by atoms with Crippen LogP contribution in [0, 0.1) is 0 Å². The highest BCUT2D eigenvalue weighted by Gasteiger charge is 2.28. The van der Waals surface area contributed by atoms with E-state index in [2.05, 4.69) is 62.1 Å². The molecule has 1 aliphatic carbocycles. The summed E-state index contributed by atoms with van der Waals surface area (Å²) in [6, 6.07) is 6.36. The zero-order valence-electron chi connectivity index (χ0n) is 22.7. The predicted octanol–water partition coefficient (Wildman–Crippen LogP) is 4.93. The Labute approximate surface area is 210 Å². The Morgan fingerprint density at radius 2 is 1.54 bits per heavy atom. The van der Waals surface area contributed by atoms with Gasteiger partial charge in [-0.15, -0.1) is 0 Å². The molecule has 7 nitrogen and oxygen atoms in total. The maximum absolute atomic E-state index is 12.9. The molecule has 0 bridgehead atoms. The van der Waals surface area contributed by atoms with E-state index in [1.54, 1.807) is 6.20 Å². The van der Waals surface area contributed by atoms with Crippen molar-refractivity contribution in [1.82, 2.24) is 15.3 Å². The standard InChI is InChI=1S/C28H43N5O2/c1-27(2,3)21-15-18(16-22(25(21)35)28(4,5)6)17-24(34)30-19-9-11-20(12-10-19)31-26-29-14-13-23(32-26)33(7)8/h13-16,19-20,35H,9-12,17H2,1-8H3,(H,30,34)(H,29,31,32). The number of hydrogen-bond acceptors (Lipinski definition) is 6. The van der Waals surface area contributed by atoms with Crippen LogP contribution >= 0.6 is 0 Å². The summed E-state index contributed by atoms with van der Waals surface area (Å²) in [6.07, 6.45) is 5.86. The maximum atomic E-state index is 12.9. The second-order valence-corrected chi connectivity index (χ2v) is 12.1. The van der Waals surface area contributed by atoms with Gasteiger partial charge in [0, 0.05) is 32.4 Å². The Bertz CT molecular complexity index is 993. The van der Waals surface area contributed by atoms with Crippen molar-refractivity contribution in [2.24, 2.45) is 0 Å². The fraction of sp³-hybridized carbons (Fsp3) is 0.607. The number of hydrogen-bond donors (Lipinski definition) is 3. The lowest BCUT2D eigenvalue weighted by atomic mass is 9.78. The molecule has 0 aliphatic heterocycles. The molecule has 3 N–H and O–H groups in total. The highest BCUT2D eigenvalue weighted by Crippen LogP contribution is 2.39. The largest absolute Gasteiger partial charge is 0.507 e. The number of carbonyl (C=O) groups is 1. The van der Waals surface area contributed by atoms with Gasteiger partial charge in [0.2, 0.25) is 11.9 Å². The summed E-state index contributed by atoms with van der Waals surface area (Å²) in [4.78, 5) is 23.8. The Balaban J connectivity index is 1.59. The van der Waals surface area contributed by atoms with Gasteiger partial charge in [0.1, 0.15) is 11.6 Å². The first-order valence-corrected chi connectivity index (χ1v) is 12.7. The van der Waals surface area contributed by atoms with Gasteiger partial charge < -0.3 is 20.6 Å². The van der Waals surface area contributed by atoms with E-state index in [0.29, 0.717) is 24.2 Å². The van der Waals surface area contributed by atoms with Crippen LogP contribution in [0.2, 0.25) is 0 Å². The van der Waals surface area contributed by atoms with E-state index in [9.17, 15) is 9.90 Å². The fourth-order valence-electron chi connectivity index (χ4n) is 4.64. The highest BCUT2D eigenvalue weighted by molar-refractivity contribution is 5.79. The van der Waals surface area contributed by atoms with E-state index in [4.69, 9.17) is 0 Å². The molecule has 7 heteroatoms. The van der Waals surface area contributed by atoms with Crippen molar-refractivity contribution in [3.05, 3.63) is 41.1 Å². The monoisotopic (exact) mass is 481 g/mol. The van der Waals surface area contributed by atoms with Crippen molar-refractivity contribution in [2.45, 2.75) is 96.6 Å². The van der Waals surface area contributed by atoms with Gasteiger partial charge in [0.05, 0.1) is 6.42 Å². The first kappa shape index (κ1) is 26.8. The van der Waals surface area contributed by atoms with Gasteiger partial charge in [-0.25, -0.2) is 4.98 Å². The van der Waals surface area contributed by atoms with E-state index in [-0.39, 0.29) is 22.8 Å². The van der Waals surface area contributed by atoms with Crippen molar-refractivity contribution >= 4 is 17.7 Å². The molecule has 0 spiro atoms. The van der Waals surface area contributed by atoms with E-state index < -0.39 is 0 Å². The van der Waals surface area contributed by atoms with Crippen molar-refractivity contribution < 1.29 is 9.90 Å². The summed E-state index contributed by atoms with van der Waals surface area (Å²) < 4.78 is 0. The van der Waals surface area contributed by atoms with E-state index >= 15 is 0 Å². The van der Waals surface area contributed by atoms with Gasteiger partial charge in [-0.05, 0) is 59.3 Å². The number of aromatic hydroxyl groups is 1. The van der Waals surface area contributed by atoms with Gasteiger partial charge in [-0.2, -0.15) is 4.98 Å². The Hall–Kier alpha value is -2.83. The Morgan fingerprint density at radius 3 is 2.06 bits per heavy atom.